The van der Waals surface area contributed by atoms with Crippen LogP contribution >= 0.6 is 11.3 Å². The van der Waals surface area contributed by atoms with Crippen molar-refractivity contribution in [3.05, 3.63) is 57.8 Å². The number of nitrogens with two attached hydrogens (primary N) is 1. The first-order valence-corrected chi connectivity index (χ1v) is 6.99. The van der Waals surface area contributed by atoms with Crippen molar-refractivity contribution in [2.75, 3.05) is 6.54 Å². The number of aryl methyl sites for hydroxylation is 1. The van der Waals surface area contributed by atoms with Crippen molar-refractivity contribution in [1.29, 1.82) is 0 Å². The summed E-state index contributed by atoms with van der Waals surface area (Å²) in [5, 5.41) is 0. The molecule has 2 unspecified atom stereocenters. The van der Waals surface area contributed by atoms with E-state index in [-0.39, 0.29) is 12.2 Å². The zero-order valence-electron chi connectivity index (χ0n) is 10.8. The van der Waals surface area contributed by atoms with Crippen LogP contribution in [0.4, 0.5) is 0 Å². The van der Waals surface area contributed by atoms with E-state index >= 15 is 0 Å². The van der Waals surface area contributed by atoms with Crippen LogP contribution in [0, 0.1) is 6.92 Å². The van der Waals surface area contributed by atoms with Gasteiger partial charge in [0, 0.05) is 16.3 Å². The Bertz CT molecular complexity index is 480. The molecule has 1 heterocycles. The fourth-order valence-electron chi connectivity index (χ4n) is 1.91. The van der Waals surface area contributed by atoms with Crippen LogP contribution in [0.15, 0.2) is 42.5 Å². The number of rotatable bonds is 5. The molecule has 0 aliphatic heterocycles. The number of ether oxygens (including phenoxy) is 1. The van der Waals surface area contributed by atoms with Crippen LogP contribution in [-0.2, 0) is 4.74 Å². The molecule has 18 heavy (non-hydrogen) atoms. The van der Waals surface area contributed by atoms with E-state index in [9.17, 15) is 0 Å². The molecule has 1 aromatic heterocycles. The molecule has 2 N–H and O–H groups in total. The van der Waals surface area contributed by atoms with Crippen LogP contribution in [0.5, 0.6) is 0 Å². The van der Waals surface area contributed by atoms with E-state index in [1.807, 2.05) is 18.2 Å². The van der Waals surface area contributed by atoms with Crippen molar-refractivity contribution < 1.29 is 4.74 Å². The van der Waals surface area contributed by atoms with E-state index < -0.39 is 0 Å². The first-order valence-electron chi connectivity index (χ1n) is 6.17. The Balaban J connectivity index is 2.07. The van der Waals surface area contributed by atoms with Gasteiger partial charge in [0.25, 0.3) is 0 Å². The molecule has 0 amide bonds. The highest BCUT2D eigenvalue weighted by molar-refractivity contribution is 7.12. The average molecular weight is 261 g/mol. The lowest BCUT2D eigenvalue weighted by Gasteiger charge is -2.20. The Morgan fingerprint density at radius 3 is 2.44 bits per heavy atom. The Labute approximate surface area is 112 Å². The molecule has 0 aliphatic rings. The van der Waals surface area contributed by atoms with Crippen molar-refractivity contribution in [3.8, 4) is 0 Å². The number of hydrogen-bond acceptors (Lipinski definition) is 3. The minimum absolute atomic E-state index is 0.0149. The van der Waals surface area contributed by atoms with Gasteiger partial charge in [0.2, 0.25) is 0 Å². The number of thiophene rings is 1. The number of benzene rings is 1. The molecule has 2 rings (SSSR count). The zero-order valence-corrected chi connectivity index (χ0v) is 11.6. The van der Waals surface area contributed by atoms with Crippen LogP contribution in [0.25, 0.3) is 0 Å². The van der Waals surface area contributed by atoms with Crippen molar-refractivity contribution in [2.45, 2.75) is 26.1 Å². The molecular formula is C15H19NOS. The predicted molar refractivity (Wildman–Crippen MR) is 76.8 cm³/mol. The van der Waals surface area contributed by atoms with Gasteiger partial charge in [0.1, 0.15) is 6.10 Å². The topological polar surface area (TPSA) is 35.2 Å². The van der Waals surface area contributed by atoms with Gasteiger partial charge in [0.05, 0.1) is 6.10 Å². The van der Waals surface area contributed by atoms with E-state index in [2.05, 4.69) is 38.1 Å². The second-order valence-corrected chi connectivity index (χ2v) is 5.68. The van der Waals surface area contributed by atoms with Gasteiger partial charge in [0.15, 0.2) is 0 Å². The Morgan fingerprint density at radius 1 is 1.17 bits per heavy atom. The van der Waals surface area contributed by atoms with Crippen LogP contribution in [0.2, 0.25) is 0 Å². The summed E-state index contributed by atoms with van der Waals surface area (Å²) in [6.07, 6.45) is 0.0427. The van der Waals surface area contributed by atoms with E-state index in [1.165, 1.54) is 15.3 Å². The standard InChI is InChI=1S/C15H19NOS/c1-11-8-9-15(18-11)14(10-16)17-12(2)13-6-4-3-5-7-13/h3-9,12,14H,10,16H2,1-2H3. The summed E-state index contributed by atoms with van der Waals surface area (Å²) >= 11 is 1.75. The van der Waals surface area contributed by atoms with E-state index in [0.29, 0.717) is 6.54 Å². The van der Waals surface area contributed by atoms with E-state index in [4.69, 9.17) is 10.5 Å². The summed E-state index contributed by atoms with van der Waals surface area (Å²) in [7, 11) is 0. The first kappa shape index (κ1) is 13.3. The summed E-state index contributed by atoms with van der Waals surface area (Å²) in [6.45, 7) is 4.68. The summed E-state index contributed by atoms with van der Waals surface area (Å²) in [6, 6.07) is 14.5. The normalized spacial score (nSPS) is 14.4. The van der Waals surface area contributed by atoms with Crippen LogP contribution in [-0.4, -0.2) is 6.54 Å². The lowest BCUT2D eigenvalue weighted by atomic mass is 10.1. The SMILES string of the molecule is Cc1ccc(C(CN)OC(C)c2ccccc2)s1. The van der Waals surface area contributed by atoms with Gasteiger partial charge in [-0.3, -0.25) is 0 Å². The molecule has 2 aromatic rings. The molecule has 3 heteroatoms. The molecule has 0 fully saturated rings. The lowest BCUT2D eigenvalue weighted by Crippen LogP contribution is -2.16. The highest BCUT2D eigenvalue weighted by Crippen LogP contribution is 2.29. The van der Waals surface area contributed by atoms with Crippen molar-refractivity contribution in [3.63, 3.8) is 0 Å². The van der Waals surface area contributed by atoms with E-state index in [0.717, 1.165) is 0 Å². The van der Waals surface area contributed by atoms with Gasteiger partial charge in [-0.2, -0.15) is 0 Å². The van der Waals surface area contributed by atoms with Gasteiger partial charge in [-0.25, -0.2) is 0 Å². The fraction of sp³-hybridized carbons (Fsp3) is 0.333. The van der Waals surface area contributed by atoms with Gasteiger partial charge >= 0.3 is 0 Å². The molecule has 0 radical (unpaired) electrons. The molecule has 0 spiro atoms. The average Bonchev–Trinajstić information content (AvgIpc) is 2.83. The van der Waals surface area contributed by atoms with Gasteiger partial charge in [-0.1, -0.05) is 30.3 Å². The number of hydrogen-bond donors (Lipinski definition) is 1. The Kier molecular flexibility index (Phi) is 4.53. The van der Waals surface area contributed by atoms with Gasteiger partial charge in [-0.05, 0) is 31.5 Å². The summed E-state index contributed by atoms with van der Waals surface area (Å²) < 4.78 is 6.07. The Morgan fingerprint density at radius 2 is 1.89 bits per heavy atom. The monoisotopic (exact) mass is 261 g/mol. The van der Waals surface area contributed by atoms with Crippen molar-refractivity contribution in [2.24, 2.45) is 5.73 Å². The minimum atomic E-state index is -0.0149. The first-order chi connectivity index (χ1) is 8.70. The fourth-order valence-corrected chi connectivity index (χ4v) is 2.84. The highest BCUT2D eigenvalue weighted by Gasteiger charge is 2.16. The minimum Gasteiger partial charge on any atom is -0.364 e. The maximum absolute atomic E-state index is 6.07. The molecule has 0 saturated carbocycles. The second-order valence-electron chi connectivity index (χ2n) is 4.36. The lowest BCUT2D eigenvalue weighted by molar-refractivity contribution is 0.00220. The molecule has 1 aromatic carbocycles. The second kappa shape index (κ2) is 6.14. The largest absolute Gasteiger partial charge is 0.364 e. The van der Waals surface area contributed by atoms with Crippen molar-refractivity contribution >= 4 is 11.3 Å². The third-order valence-electron chi connectivity index (χ3n) is 2.93. The smallest absolute Gasteiger partial charge is 0.105 e. The van der Waals surface area contributed by atoms with Crippen LogP contribution in [0.3, 0.4) is 0 Å². The van der Waals surface area contributed by atoms with Crippen LogP contribution in [0.1, 0.15) is 34.4 Å². The zero-order chi connectivity index (χ0) is 13.0. The maximum atomic E-state index is 6.07. The summed E-state index contributed by atoms with van der Waals surface area (Å²) in [4.78, 5) is 2.50. The predicted octanol–water partition coefficient (Wildman–Crippen LogP) is 3.83. The summed E-state index contributed by atoms with van der Waals surface area (Å²) in [5.74, 6) is 0. The third kappa shape index (κ3) is 3.19. The highest BCUT2D eigenvalue weighted by atomic mass is 32.1. The maximum Gasteiger partial charge on any atom is 0.105 e. The van der Waals surface area contributed by atoms with Gasteiger partial charge in [-0.15, -0.1) is 11.3 Å². The molecule has 2 atom stereocenters. The van der Waals surface area contributed by atoms with Crippen LogP contribution < -0.4 is 5.73 Å². The summed E-state index contributed by atoms with van der Waals surface area (Å²) in [5.41, 5.74) is 7.01. The van der Waals surface area contributed by atoms with Gasteiger partial charge < -0.3 is 10.5 Å². The molecule has 0 bridgehead atoms. The Hall–Kier alpha value is -1.16. The molecule has 96 valence electrons. The third-order valence-corrected chi connectivity index (χ3v) is 4.02. The molecule has 2 nitrogen and oxygen atoms in total. The molecule has 0 saturated heterocycles. The van der Waals surface area contributed by atoms with E-state index in [1.54, 1.807) is 11.3 Å². The molecule has 0 aliphatic carbocycles. The van der Waals surface area contributed by atoms with Crippen molar-refractivity contribution in [1.82, 2.24) is 0 Å². The quantitative estimate of drug-likeness (QED) is 0.887. The molecular weight excluding hydrogens is 242 g/mol.